The molecule has 1 aliphatic heterocycles. The summed E-state index contributed by atoms with van der Waals surface area (Å²) in [5, 5.41) is 6.45. The van der Waals surface area contributed by atoms with E-state index in [2.05, 4.69) is 38.3 Å². The van der Waals surface area contributed by atoms with E-state index < -0.39 is 0 Å². The van der Waals surface area contributed by atoms with Crippen molar-refractivity contribution in [3.05, 3.63) is 0 Å². The van der Waals surface area contributed by atoms with E-state index >= 15 is 0 Å². The minimum Gasteiger partial charge on any atom is -0.356 e. The van der Waals surface area contributed by atoms with Crippen LogP contribution in [0.3, 0.4) is 0 Å². The van der Waals surface area contributed by atoms with E-state index in [-0.39, 0.29) is 11.3 Å². The van der Waals surface area contributed by atoms with E-state index in [1.165, 1.54) is 12.8 Å². The van der Waals surface area contributed by atoms with E-state index in [0.29, 0.717) is 18.3 Å². The Kier molecular flexibility index (Phi) is 5.44. The molecule has 0 bridgehead atoms. The van der Waals surface area contributed by atoms with Gasteiger partial charge in [-0.05, 0) is 43.2 Å². The Hall–Kier alpha value is -0.570. The zero-order valence-corrected chi connectivity index (χ0v) is 11.8. The third-order valence-corrected chi connectivity index (χ3v) is 3.96. The largest absolute Gasteiger partial charge is 0.356 e. The fraction of sp³-hybridized carbons (Fsp3) is 0.929. The number of hydrogen-bond donors (Lipinski definition) is 2. The van der Waals surface area contributed by atoms with Crippen LogP contribution in [-0.4, -0.2) is 25.5 Å². The average Bonchev–Trinajstić information content (AvgIpc) is 2.26. The van der Waals surface area contributed by atoms with Crippen molar-refractivity contribution in [2.45, 2.75) is 47.0 Å². The van der Waals surface area contributed by atoms with E-state index in [4.69, 9.17) is 0 Å². The third-order valence-electron chi connectivity index (χ3n) is 3.96. The van der Waals surface area contributed by atoms with Gasteiger partial charge in [-0.3, -0.25) is 4.79 Å². The van der Waals surface area contributed by atoms with Gasteiger partial charge in [0, 0.05) is 13.0 Å². The molecule has 17 heavy (non-hydrogen) atoms. The molecule has 1 amide bonds. The molecule has 0 aliphatic carbocycles. The minimum atomic E-state index is 0.206. The molecule has 3 nitrogen and oxygen atoms in total. The number of hydrogen-bond acceptors (Lipinski definition) is 2. The van der Waals surface area contributed by atoms with Crippen LogP contribution in [0.5, 0.6) is 0 Å². The van der Waals surface area contributed by atoms with Crippen LogP contribution in [0, 0.1) is 17.3 Å². The third kappa shape index (κ3) is 5.53. The molecule has 0 aromatic heterocycles. The number of nitrogens with one attached hydrogen (secondary N) is 2. The highest BCUT2D eigenvalue weighted by Crippen LogP contribution is 2.27. The van der Waals surface area contributed by atoms with Crippen molar-refractivity contribution < 1.29 is 4.79 Å². The van der Waals surface area contributed by atoms with E-state index in [0.717, 1.165) is 19.6 Å². The van der Waals surface area contributed by atoms with Gasteiger partial charge in [0.05, 0.1) is 0 Å². The molecule has 100 valence electrons. The first kappa shape index (κ1) is 14.5. The van der Waals surface area contributed by atoms with Gasteiger partial charge in [0.25, 0.3) is 0 Å². The molecule has 0 aromatic rings. The molecule has 2 N–H and O–H groups in total. The summed E-state index contributed by atoms with van der Waals surface area (Å²) >= 11 is 0. The summed E-state index contributed by atoms with van der Waals surface area (Å²) in [4.78, 5) is 11.8. The quantitative estimate of drug-likeness (QED) is 0.791. The highest BCUT2D eigenvalue weighted by molar-refractivity contribution is 5.76. The summed E-state index contributed by atoms with van der Waals surface area (Å²) in [5.41, 5.74) is 0.212. The maximum atomic E-state index is 11.8. The number of carbonyl (C=O) groups excluding carboxylic acids is 1. The number of piperidine rings is 1. The normalized spacial score (nSPS) is 23.2. The van der Waals surface area contributed by atoms with E-state index in [1.54, 1.807) is 0 Å². The predicted molar refractivity (Wildman–Crippen MR) is 71.8 cm³/mol. The highest BCUT2D eigenvalue weighted by Gasteiger charge is 2.23. The van der Waals surface area contributed by atoms with E-state index in [1.807, 2.05) is 0 Å². The Labute approximate surface area is 106 Å². The van der Waals surface area contributed by atoms with Gasteiger partial charge in [0.15, 0.2) is 0 Å². The maximum Gasteiger partial charge on any atom is 0.220 e. The zero-order valence-electron chi connectivity index (χ0n) is 11.8. The first-order valence-electron chi connectivity index (χ1n) is 6.87. The van der Waals surface area contributed by atoms with Crippen LogP contribution in [0.2, 0.25) is 0 Å². The molecule has 2 unspecified atom stereocenters. The number of carbonyl (C=O) groups is 1. The molecule has 0 spiro atoms. The summed E-state index contributed by atoms with van der Waals surface area (Å²) in [6.07, 6.45) is 3.12. The van der Waals surface area contributed by atoms with Gasteiger partial charge in [-0.15, -0.1) is 0 Å². The molecule has 1 fully saturated rings. The topological polar surface area (TPSA) is 41.1 Å². The van der Waals surface area contributed by atoms with Crippen LogP contribution >= 0.6 is 0 Å². The van der Waals surface area contributed by atoms with Crippen LogP contribution in [-0.2, 0) is 4.79 Å². The van der Waals surface area contributed by atoms with Gasteiger partial charge in [0.1, 0.15) is 0 Å². The maximum absolute atomic E-state index is 11.8. The van der Waals surface area contributed by atoms with Crippen molar-refractivity contribution in [1.29, 1.82) is 0 Å². The average molecular weight is 240 g/mol. The zero-order chi connectivity index (χ0) is 12.9. The van der Waals surface area contributed by atoms with Crippen molar-refractivity contribution in [1.82, 2.24) is 10.6 Å². The van der Waals surface area contributed by atoms with Crippen molar-refractivity contribution in [2.24, 2.45) is 17.3 Å². The molecular weight excluding hydrogens is 212 g/mol. The first-order chi connectivity index (χ1) is 7.89. The lowest BCUT2D eigenvalue weighted by Gasteiger charge is -2.27. The lowest BCUT2D eigenvalue weighted by molar-refractivity contribution is -0.122. The number of amides is 1. The Bertz CT molecular complexity index is 239. The van der Waals surface area contributed by atoms with Gasteiger partial charge in [-0.2, -0.15) is 0 Å². The number of rotatable bonds is 4. The summed E-state index contributed by atoms with van der Waals surface area (Å²) in [5.74, 6) is 1.25. The fourth-order valence-corrected chi connectivity index (χ4v) is 2.01. The second-order valence-electron chi connectivity index (χ2n) is 6.49. The monoisotopic (exact) mass is 240 g/mol. The minimum absolute atomic E-state index is 0.206. The molecule has 1 heterocycles. The fourth-order valence-electron chi connectivity index (χ4n) is 2.01. The van der Waals surface area contributed by atoms with Crippen LogP contribution in [0.1, 0.15) is 47.0 Å². The Morgan fingerprint density at radius 1 is 1.47 bits per heavy atom. The van der Waals surface area contributed by atoms with Gasteiger partial charge in [0.2, 0.25) is 5.91 Å². The van der Waals surface area contributed by atoms with E-state index in [9.17, 15) is 4.79 Å². The van der Waals surface area contributed by atoms with Crippen LogP contribution < -0.4 is 10.6 Å². The van der Waals surface area contributed by atoms with Gasteiger partial charge < -0.3 is 10.6 Å². The summed E-state index contributed by atoms with van der Waals surface area (Å²) in [7, 11) is 0. The lowest BCUT2D eigenvalue weighted by atomic mass is 9.80. The molecule has 0 aromatic carbocycles. The van der Waals surface area contributed by atoms with Crippen LogP contribution in [0.15, 0.2) is 0 Å². The van der Waals surface area contributed by atoms with Crippen molar-refractivity contribution in [2.75, 3.05) is 19.6 Å². The Balaban J connectivity index is 2.20. The smallest absolute Gasteiger partial charge is 0.220 e. The predicted octanol–water partition coefficient (Wildman–Crippen LogP) is 2.17. The van der Waals surface area contributed by atoms with Crippen molar-refractivity contribution in [3.8, 4) is 0 Å². The summed E-state index contributed by atoms with van der Waals surface area (Å²) in [6, 6.07) is 0. The van der Waals surface area contributed by atoms with Crippen LogP contribution in [0.4, 0.5) is 0 Å². The molecular formula is C14H28N2O. The van der Waals surface area contributed by atoms with Gasteiger partial charge in [-0.1, -0.05) is 27.7 Å². The summed E-state index contributed by atoms with van der Waals surface area (Å²) in [6.45, 7) is 11.7. The van der Waals surface area contributed by atoms with Crippen LogP contribution in [0.25, 0.3) is 0 Å². The molecule has 1 aliphatic rings. The summed E-state index contributed by atoms with van der Waals surface area (Å²) < 4.78 is 0. The lowest BCUT2D eigenvalue weighted by Crippen LogP contribution is -2.39. The first-order valence-corrected chi connectivity index (χ1v) is 6.87. The SMILES string of the molecule is CC(CC(=O)NCC1CCCNC1)C(C)(C)C. The van der Waals surface area contributed by atoms with Crippen molar-refractivity contribution >= 4 is 5.91 Å². The van der Waals surface area contributed by atoms with Crippen molar-refractivity contribution in [3.63, 3.8) is 0 Å². The Morgan fingerprint density at radius 3 is 2.71 bits per heavy atom. The van der Waals surface area contributed by atoms with Gasteiger partial charge >= 0.3 is 0 Å². The molecule has 3 heteroatoms. The molecule has 2 atom stereocenters. The molecule has 0 saturated carbocycles. The standard InChI is InChI=1S/C14H28N2O/c1-11(14(2,3)4)8-13(17)16-10-12-6-5-7-15-9-12/h11-12,15H,5-10H2,1-4H3,(H,16,17). The second kappa shape index (κ2) is 6.39. The second-order valence-corrected chi connectivity index (χ2v) is 6.49. The van der Waals surface area contributed by atoms with Gasteiger partial charge in [-0.25, -0.2) is 0 Å². The molecule has 1 rings (SSSR count). The Morgan fingerprint density at radius 2 is 2.18 bits per heavy atom. The molecule has 0 radical (unpaired) electrons. The molecule has 1 saturated heterocycles. The highest BCUT2D eigenvalue weighted by atomic mass is 16.1.